The Balaban J connectivity index is 1.60. The Morgan fingerprint density at radius 1 is 0.931 bits per heavy atom. The first-order valence-corrected chi connectivity index (χ1v) is 9.90. The number of carbonyl (C=O) groups excluding carboxylic acids is 2. The molecule has 6 nitrogen and oxygen atoms in total. The number of rotatable bonds is 5. The molecule has 0 aliphatic heterocycles. The fraction of sp³-hybridized carbons (Fsp3) is 0.182. The summed E-state index contributed by atoms with van der Waals surface area (Å²) in [6.45, 7) is 5.84. The number of nitrogens with one attached hydrogen (secondary N) is 3. The molecular formula is C22H22BrN3O3. The molecule has 3 aromatic rings. The number of amides is 3. The lowest BCUT2D eigenvalue weighted by atomic mass is 10.2. The van der Waals surface area contributed by atoms with E-state index in [2.05, 4.69) is 31.9 Å². The van der Waals surface area contributed by atoms with Gasteiger partial charge in [0.05, 0.1) is 10.0 Å². The van der Waals surface area contributed by atoms with Gasteiger partial charge in [0.15, 0.2) is 0 Å². The summed E-state index contributed by atoms with van der Waals surface area (Å²) in [5, 5.41) is 8.49. The lowest BCUT2D eigenvalue weighted by molar-refractivity contribution is 0.0948. The van der Waals surface area contributed by atoms with Crippen molar-refractivity contribution in [3.05, 3.63) is 81.2 Å². The summed E-state index contributed by atoms with van der Waals surface area (Å²) in [7, 11) is 0. The fourth-order valence-corrected chi connectivity index (χ4v) is 3.50. The van der Waals surface area contributed by atoms with Crippen LogP contribution in [-0.2, 0) is 6.54 Å². The maximum Gasteiger partial charge on any atom is 0.323 e. The zero-order valence-corrected chi connectivity index (χ0v) is 18.0. The van der Waals surface area contributed by atoms with Crippen molar-refractivity contribution < 1.29 is 14.0 Å². The monoisotopic (exact) mass is 455 g/mol. The van der Waals surface area contributed by atoms with E-state index < -0.39 is 0 Å². The number of anilines is 2. The van der Waals surface area contributed by atoms with Crippen LogP contribution in [0.1, 0.15) is 33.0 Å². The van der Waals surface area contributed by atoms with Crippen molar-refractivity contribution in [3.8, 4) is 0 Å². The zero-order valence-electron chi connectivity index (χ0n) is 16.4. The molecule has 0 saturated heterocycles. The van der Waals surface area contributed by atoms with Crippen molar-refractivity contribution in [3.63, 3.8) is 0 Å². The zero-order chi connectivity index (χ0) is 21.0. The molecule has 0 aliphatic carbocycles. The number of halogens is 1. The summed E-state index contributed by atoms with van der Waals surface area (Å²) in [5.41, 5.74) is 3.78. The van der Waals surface area contributed by atoms with Crippen molar-refractivity contribution in [2.75, 3.05) is 10.6 Å². The molecule has 0 saturated carbocycles. The molecule has 1 aromatic heterocycles. The SMILES string of the molecule is Cc1cccc(NC(=O)Nc2cccc(CNC(=O)c3c(C)oc(C)c3Br)c2)c1. The number of hydrogen-bond acceptors (Lipinski definition) is 3. The molecule has 3 amide bonds. The van der Waals surface area contributed by atoms with Gasteiger partial charge in [0.25, 0.3) is 5.91 Å². The minimum absolute atomic E-state index is 0.221. The molecule has 0 spiro atoms. The van der Waals surface area contributed by atoms with Crippen LogP contribution in [0.5, 0.6) is 0 Å². The Labute approximate surface area is 177 Å². The molecule has 2 aromatic carbocycles. The van der Waals surface area contributed by atoms with Crippen LogP contribution in [0.25, 0.3) is 0 Å². The minimum atomic E-state index is -0.329. The van der Waals surface area contributed by atoms with Crippen LogP contribution < -0.4 is 16.0 Å². The van der Waals surface area contributed by atoms with E-state index in [1.807, 2.05) is 49.4 Å². The molecule has 3 rings (SSSR count). The molecule has 0 unspecified atom stereocenters. The molecule has 0 bridgehead atoms. The average Bonchev–Trinajstić information content (AvgIpc) is 2.92. The normalized spacial score (nSPS) is 10.5. The van der Waals surface area contributed by atoms with Crippen molar-refractivity contribution >= 4 is 39.2 Å². The third-order valence-corrected chi connectivity index (χ3v) is 5.28. The summed E-state index contributed by atoms with van der Waals surface area (Å²) in [4.78, 5) is 24.7. The van der Waals surface area contributed by atoms with E-state index in [9.17, 15) is 9.59 Å². The van der Waals surface area contributed by atoms with E-state index in [4.69, 9.17) is 4.42 Å². The van der Waals surface area contributed by atoms with Gasteiger partial charge in [-0.3, -0.25) is 4.79 Å². The molecule has 0 aliphatic rings. The van der Waals surface area contributed by atoms with E-state index in [1.54, 1.807) is 19.9 Å². The third-order valence-electron chi connectivity index (χ3n) is 4.33. The highest BCUT2D eigenvalue weighted by Crippen LogP contribution is 2.27. The number of benzene rings is 2. The van der Waals surface area contributed by atoms with Gasteiger partial charge >= 0.3 is 6.03 Å². The lowest BCUT2D eigenvalue weighted by Crippen LogP contribution is -2.23. The van der Waals surface area contributed by atoms with Gasteiger partial charge in [0, 0.05) is 17.9 Å². The van der Waals surface area contributed by atoms with Crippen molar-refractivity contribution in [2.24, 2.45) is 0 Å². The minimum Gasteiger partial charge on any atom is -0.465 e. The third kappa shape index (κ3) is 5.26. The quantitative estimate of drug-likeness (QED) is 0.471. The molecule has 1 heterocycles. The summed E-state index contributed by atoms with van der Waals surface area (Å²) in [6, 6.07) is 14.6. The second-order valence-electron chi connectivity index (χ2n) is 6.74. The maximum atomic E-state index is 12.5. The van der Waals surface area contributed by atoms with Crippen LogP contribution in [0, 0.1) is 20.8 Å². The Bertz CT molecular complexity index is 1060. The van der Waals surface area contributed by atoms with Crippen LogP contribution in [-0.4, -0.2) is 11.9 Å². The van der Waals surface area contributed by atoms with Crippen LogP contribution in [0.15, 0.2) is 57.4 Å². The number of carbonyl (C=O) groups is 2. The first-order valence-electron chi connectivity index (χ1n) is 9.11. The topological polar surface area (TPSA) is 83.4 Å². The molecular weight excluding hydrogens is 434 g/mol. The standard InChI is InChI=1S/C22H22BrN3O3/c1-13-6-4-8-17(10-13)25-22(28)26-18-9-5-7-16(11-18)12-24-21(27)19-14(2)29-15(3)20(19)23/h4-11H,12H2,1-3H3,(H,24,27)(H2,25,26,28). The van der Waals surface area contributed by atoms with Gasteiger partial charge in [-0.05, 0) is 72.1 Å². The average molecular weight is 456 g/mol. The largest absolute Gasteiger partial charge is 0.465 e. The van der Waals surface area contributed by atoms with Gasteiger partial charge in [-0.25, -0.2) is 4.79 Å². The van der Waals surface area contributed by atoms with Crippen LogP contribution in [0.2, 0.25) is 0 Å². The number of aryl methyl sites for hydroxylation is 3. The van der Waals surface area contributed by atoms with Crippen LogP contribution in [0.3, 0.4) is 0 Å². The molecule has 0 fully saturated rings. The first kappa shape index (κ1) is 20.7. The fourth-order valence-electron chi connectivity index (χ4n) is 2.96. The van der Waals surface area contributed by atoms with Gasteiger partial charge in [-0.2, -0.15) is 0 Å². The van der Waals surface area contributed by atoms with Crippen molar-refractivity contribution in [1.29, 1.82) is 0 Å². The summed E-state index contributed by atoms with van der Waals surface area (Å²) < 4.78 is 6.14. The Kier molecular flexibility index (Phi) is 6.39. The summed E-state index contributed by atoms with van der Waals surface area (Å²) in [6.07, 6.45) is 0. The van der Waals surface area contributed by atoms with E-state index in [1.165, 1.54) is 0 Å². The Morgan fingerprint density at radius 3 is 2.21 bits per heavy atom. The van der Waals surface area contributed by atoms with Crippen molar-refractivity contribution in [2.45, 2.75) is 27.3 Å². The first-order chi connectivity index (χ1) is 13.8. The highest BCUT2D eigenvalue weighted by molar-refractivity contribution is 9.10. The van der Waals surface area contributed by atoms with E-state index in [0.717, 1.165) is 16.8 Å². The molecule has 0 atom stereocenters. The van der Waals surface area contributed by atoms with Crippen LogP contribution in [0.4, 0.5) is 16.2 Å². The van der Waals surface area contributed by atoms with Gasteiger partial charge in [0.1, 0.15) is 11.5 Å². The maximum absolute atomic E-state index is 12.5. The molecule has 0 radical (unpaired) electrons. The second-order valence-corrected chi connectivity index (χ2v) is 7.53. The van der Waals surface area contributed by atoms with Crippen molar-refractivity contribution in [1.82, 2.24) is 5.32 Å². The van der Waals surface area contributed by atoms with Gasteiger partial charge in [0.2, 0.25) is 0 Å². The van der Waals surface area contributed by atoms with E-state index in [-0.39, 0.29) is 11.9 Å². The van der Waals surface area contributed by atoms with Gasteiger partial charge in [-0.1, -0.05) is 24.3 Å². The lowest BCUT2D eigenvalue weighted by Gasteiger charge is -2.10. The number of furan rings is 1. The smallest absolute Gasteiger partial charge is 0.323 e. The highest BCUT2D eigenvalue weighted by atomic mass is 79.9. The van der Waals surface area contributed by atoms with Gasteiger partial charge in [-0.15, -0.1) is 0 Å². The molecule has 7 heteroatoms. The number of urea groups is 1. The van der Waals surface area contributed by atoms with E-state index >= 15 is 0 Å². The number of hydrogen-bond donors (Lipinski definition) is 3. The predicted octanol–water partition coefficient (Wildman–Crippen LogP) is 5.54. The molecule has 150 valence electrons. The second kappa shape index (κ2) is 8.96. The van der Waals surface area contributed by atoms with Gasteiger partial charge < -0.3 is 20.4 Å². The Hall–Kier alpha value is -3.06. The molecule has 29 heavy (non-hydrogen) atoms. The summed E-state index contributed by atoms with van der Waals surface area (Å²) >= 11 is 3.39. The van der Waals surface area contributed by atoms with Crippen LogP contribution >= 0.6 is 15.9 Å². The summed E-state index contributed by atoms with van der Waals surface area (Å²) in [5.74, 6) is 1.01. The predicted molar refractivity (Wildman–Crippen MR) is 117 cm³/mol. The molecule has 3 N–H and O–H groups in total. The highest BCUT2D eigenvalue weighted by Gasteiger charge is 2.19. The Morgan fingerprint density at radius 2 is 1.59 bits per heavy atom. The van der Waals surface area contributed by atoms with E-state index in [0.29, 0.717) is 33.8 Å².